The number of rotatable bonds is 1. The van der Waals surface area contributed by atoms with Crippen LogP contribution in [0.2, 0.25) is 0 Å². The van der Waals surface area contributed by atoms with Crippen molar-refractivity contribution in [1.29, 1.82) is 0 Å². The van der Waals surface area contributed by atoms with Crippen LogP contribution in [0.15, 0.2) is 0 Å². The van der Waals surface area contributed by atoms with Crippen LogP contribution in [0, 0.1) is 0 Å². The topological polar surface area (TPSA) is 75.4 Å². The zero-order chi connectivity index (χ0) is 9.14. The molecule has 3 atom stereocenters. The first-order valence-corrected chi connectivity index (χ1v) is 4.32. The number of hydrogen-bond acceptors (Lipinski definition) is 3. The highest BCUT2D eigenvalue weighted by Gasteiger charge is 2.29. The quantitative estimate of drug-likeness (QED) is 0.492. The molecule has 0 saturated heterocycles. The second-order valence-electron chi connectivity index (χ2n) is 3.39. The van der Waals surface area contributed by atoms with Gasteiger partial charge in [-0.25, -0.2) is 0 Å². The summed E-state index contributed by atoms with van der Waals surface area (Å²) in [5, 5.41) is 12.2. The SMILES string of the molecule is CC(=O)N[C@@H]1[C@@H](N)CCC[C@@H]1O. The fraction of sp³-hybridized carbons (Fsp3) is 0.875. The van der Waals surface area contributed by atoms with E-state index in [0.29, 0.717) is 0 Å². The van der Waals surface area contributed by atoms with E-state index < -0.39 is 6.10 Å². The predicted octanol–water partition coefficient (Wildman–Crippen LogP) is -0.637. The van der Waals surface area contributed by atoms with Crippen molar-refractivity contribution in [2.45, 2.75) is 44.4 Å². The van der Waals surface area contributed by atoms with Gasteiger partial charge in [0.1, 0.15) is 0 Å². The van der Waals surface area contributed by atoms with Crippen molar-refractivity contribution in [3.05, 3.63) is 0 Å². The molecular weight excluding hydrogens is 156 g/mol. The van der Waals surface area contributed by atoms with E-state index in [1.54, 1.807) is 0 Å². The zero-order valence-corrected chi connectivity index (χ0v) is 7.29. The second-order valence-corrected chi connectivity index (χ2v) is 3.39. The third kappa shape index (κ3) is 2.19. The third-order valence-corrected chi connectivity index (χ3v) is 2.28. The Labute approximate surface area is 72.1 Å². The van der Waals surface area contributed by atoms with Crippen LogP contribution >= 0.6 is 0 Å². The van der Waals surface area contributed by atoms with E-state index in [9.17, 15) is 9.90 Å². The fourth-order valence-corrected chi connectivity index (χ4v) is 1.65. The van der Waals surface area contributed by atoms with Crippen LogP contribution in [-0.2, 0) is 4.79 Å². The highest BCUT2D eigenvalue weighted by atomic mass is 16.3. The summed E-state index contributed by atoms with van der Waals surface area (Å²) in [6, 6.07) is -0.353. The lowest BCUT2D eigenvalue weighted by Gasteiger charge is -2.33. The third-order valence-electron chi connectivity index (χ3n) is 2.28. The smallest absolute Gasteiger partial charge is 0.217 e. The Bertz CT molecular complexity index is 162. The fourth-order valence-electron chi connectivity index (χ4n) is 1.65. The van der Waals surface area contributed by atoms with Crippen molar-refractivity contribution >= 4 is 5.91 Å². The van der Waals surface area contributed by atoms with Gasteiger partial charge in [0.05, 0.1) is 12.1 Å². The summed E-state index contributed by atoms with van der Waals surface area (Å²) in [7, 11) is 0. The van der Waals surface area contributed by atoms with E-state index in [-0.39, 0.29) is 18.0 Å². The van der Waals surface area contributed by atoms with Crippen LogP contribution in [0.25, 0.3) is 0 Å². The molecular formula is C8H16N2O2. The van der Waals surface area contributed by atoms with Crippen LogP contribution < -0.4 is 11.1 Å². The number of carbonyl (C=O) groups is 1. The van der Waals surface area contributed by atoms with Crippen molar-refractivity contribution in [3.8, 4) is 0 Å². The monoisotopic (exact) mass is 172 g/mol. The van der Waals surface area contributed by atoms with Gasteiger partial charge in [0.2, 0.25) is 5.91 Å². The summed E-state index contributed by atoms with van der Waals surface area (Å²) >= 11 is 0. The molecule has 0 heterocycles. The average Bonchev–Trinajstić information content (AvgIpc) is 1.97. The van der Waals surface area contributed by atoms with E-state index >= 15 is 0 Å². The van der Waals surface area contributed by atoms with E-state index in [1.807, 2.05) is 0 Å². The normalized spacial score (nSPS) is 36.1. The number of amides is 1. The van der Waals surface area contributed by atoms with Gasteiger partial charge in [-0.05, 0) is 19.3 Å². The predicted molar refractivity (Wildman–Crippen MR) is 45.4 cm³/mol. The lowest BCUT2D eigenvalue weighted by Crippen LogP contribution is -2.55. The van der Waals surface area contributed by atoms with Gasteiger partial charge in [0, 0.05) is 13.0 Å². The molecule has 0 aromatic carbocycles. The molecule has 1 aliphatic rings. The number of aliphatic hydroxyl groups is 1. The van der Waals surface area contributed by atoms with E-state index in [0.717, 1.165) is 19.3 Å². The molecule has 70 valence electrons. The van der Waals surface area contributed by atoms with Gasteiger partial charge in [0.25, 0.3) is 0 Å². The van der Waals surface area contributed by atoms with Crippen LogP contribution in [0.3, 0.4) is 0 Å². The van der Waals surface area contributed by atoms with Crippen molar-refractivity contribution in [3.63, 3.8) is 0 Å². The Hall–Kier alpha value is -0.610. The van der Waals surface area contributed by atoms with E-state index in [4.69, 9.17) is 5.73 Å². The highest BCUT2D eigenvalue weighted by molar-refractivity contribution is 5.73. The number of nitrogens with one attached hydrogen (secondary N) is 1. The number of carbonyl (C=O) groups excluding carboxylic acids is 1. The molecule has 0 spiro atoms. The highest BCUT2D eigenvalue weighted by Crippen LogP contribution is 2.17. The van der Waals surface area contributed by atoms with Crippen molar-refractivity contribution in [1.82, 2.24) is 5.32 Å². The van der Waals surface area contributed by atoms with Crippen molar-refractivity contribution in [2.24, 2.45) is 5.73 Å². The van der Waals surface area contributed by atoms with E-state index in [2.05, 4.69) is 5.32 Å². The molecule has 0 bridgehead atoms. The molecule has 1 aliphatic carbocycles. The maximum Gasteiger partial charge on any atom is 0.217 e. The molecule has 0 radical (unpaired) electrons. The lowest BCUT2D eigenvalue weighted by molar-refractivity contribution is -0.121. The van der Waals surface area contributed by atoms with Crippen LogP contribution in [0.5, 0.6) is 0 Å². The summed E-state index contributed by atoms with van der Waals surface area (Å²) in [5.74, 6) is -0.128. The van der Waals surface area contributed by atoms with Crippen molar-refractivity contribution < 1.29 is 9.90 Å². The standard InChI is InChI=1S/C8H16N2O2/c1-5(11)10-8-6(9)3-2-4-7(8)12/h6-8,12H,2-4,9H2,1H3,(H,10,11)/t6-,7-,8+/m0/s1. The Kier molecular flexibility index (Phi) is 3.05. The molecule has 4 N–H and O–H groups in total. The summed E-state index contributed by atoms with van der Waals surface area (Å²) in [4.78, 5) is 10.7. The first-order valence-electron chi connectivity index (χ1n) is 4.32. The molecule has 4 heteroatoms. The van der Waals surface area contributed by atoms with E-state index in [1.165, 1.54) is 6.92 Å². The van der Waals surface area contributed by atoms with Crippen molar-refractivity contribution in [2.75, 3.05) is 0 Å². The maximum atomic E-state index is 10.7. The molecule has 1 rings (SSSR count). The Morgan fingerprint density at radius 1 is 1.58 bits per heavy atom. The van der Waals surface area contributed by atoms with Crippen LogP contribution in [-0.4, -0.2) is 29.2 Å². The van der Waals surface area contributed by atoms with Gasteiger partial charge in [-0.3, -0.25) is 4.79 Å². The summed E-state index contributed by atoms with van der Waals surface area (Å²) < 4.78 is 0. The summed E-state index contributed by atoms with van der Waals surface area (Å²) in [5.41, 5.74) is 5.74. The maximum absolute atomic E-state index is 10.7. The Morgan fingerprint density at radius 3 is 2.75 bits per heavy atom. The number of aliphatic hydroxyl groups excluding tert-OH is 1. The minimum absolute atomic E-state index is 0.0994. The molecule has 0 unspecified atom stereocenters. The lowest BCUT2D eigenvalue weighted by atomic mass is 9.88. The van der Waals surface area contributed by atoms with Gasteiger partial charge in [-0.15, -0.1) is 0 Å². The first kappa shape index (κ1) is 9.48. The average molecular weight is 172 g/mol. The van der Waals surface area contributed by atoms with Gasteiger partial charge >= 0.3 is 0 Å². The van der Waals surface area contributed by atoms with Gasteiger partial charge < -0.3 is 16.2 Å². The summed E-state index contributed by atoms with van der Waals surface area (Å²) in [6.45, 7) is 1.44. The first-order chi connectivity index (χ1) is 5.61. The Morgan fingerprint density at radius 2 is 2.25 bits per heavy atom. The van der Waals surface area contributed by atoms with Gasteiger partial charge in [-0.1, -0.05) is 0 Å². The Balaban J connectivity index is 2.50. The molecule has 12 heavy (non-hydrogen) atoms. The van der Waals surface area contributed by atoms with Crippen LogP contribution in [0.1, 0.15) is 26.2 Å². The molecule has 4 nitrogen and oxygen atoms in total. The largest absolute Gasteiger partial charge is 0.391 e. The number of nitrogens with two attached hydrogens (primary N) is 1. The second kappa shape index (κ2) is 3.87. The molecule has 1 fully saturated rings. The molecule has 1 saturated carbocycles. The molecule has 0 aliphatic heterocycles. The van der Waals surface area contributed by atoms with Gasteiger partial charge in [0.15, 0.2) is 0 Å². The summed E-state index contributed by atoms with van der Waals surface area (Å²) in [6.07, 6.45) is 2.08. The van der Waals surface area contributed by atoms with Gasteiger partial charge in [-0.2, -0.15) is 0 Å². The zero-order valence-electron chi connectivity index (χ0n) is 7.29. The molecule has 0 aromatic heterocycles. The minimum atomic E-state index is -0.474. The molecule has 1 amide bonds. The van der Waals surface area contributed by atoms with Crippen LogP contribution in [0.4, 0.5) is 0 Å². The minimum Gasteiger partial charge on any atom is -0.391 e. The number of hydrogen-bond donors (Lipinski definition) is 3. The molecule has 0 aromatic rings.